The molecule has 0 amide bonds. The first kappa shape index (κ1) is 10.4. The molecule has 1 aromatic rings. The van der Waals surface area contributed by atoms with Crippen LogP contribution in [0.3, 0.4) is 0 Å². The molecule has 15 heavy (non-hydrogen) atoms. The van der Waals surface area contributed by atoms with E-state index in [1.54, 1.807) is 7.11 Å². The number of aryl methyl sites for hydroxylation is 1. The normalized spacial score (nSPS) is 17.1. The Morgan fingerprint density at radius 1 is 1.40 bits per heavy atom. The van der Waals surface area contributed by atoms with Gasteiger partial charge in [0.15, 0.2) is 5.82 Å². The maximum absolute atomic E-state index is 5.20. The minimum Gasteiger partial charge on any atom is -0.380 e. The molecule has 0 atom stereocenters. The van der Waals surface area contributed by atoms with Gasteiger partial charge >= 0.3 is 0 Å². The van der Waals surface area contributed by atoms with Crippen molar-refractivity contribution < 1.29 is 4.74 Å². The lowest BCUT2D eigenvalue weighted by molar-refractivity contribution is 0.184. The Bertz CT molecular complexity index is 317. The van der Waals surface area contributed by atoms with E-state index in [0.29, 0.717) is 6.61 Å². The average Bonchev–Trinajstić information content (AvgIpc) is 2.63. The first-order chi connectivity index (χ1) is 7.33. The predicted molar refractivity (Wildman–Crippen MR) is 59.1 cm³/mol. The number of nitrogens with one attached hydrogen (secondary N) is 2. The molecule has 0 bridgehead atoms. The highest BCUT2D eigenvalue weighted by Gasteiger charge is 2.18. The van der Waals surface area contributed by atoms with Crippen molar-refractivity contribution in [3.05, 3.63) is 11.3 Å². The van der Waals surface area contributed by atoms with E-state index in [-0.39, 0.29) is 0 Å². The van der Waals surface area contributed by atoms with Crippen molar-refractivity contribution in [2.45, 2.75) is 13.5 Å². The third kappa shape index (κ3) is 2.13. The number of anilines is 1. The van der Waals surface area contributed by atoms with Gasteiger partial charge in [0.05, 0.1) is 6.61 Å². The molecule has 1 aromatic heterocycles. The van der Waals surface area contributed by atoms with E-state index in [0.717, 1.165) is 37.7 Å². The Labute approximate surface area is 89.8 Å². The van der Waals surface area contributed by atoms with Crippen molar-refractivity contribution in [3.8, 4) is 0 Å². The summed E-state index contributed by atoms with van der Waals surface area (Å²) in [6.07, 6.45) is 0. The van der Waals surface area contributed by atoms with Gasteiger partial charge in [0.25, 0.3) is 0 Å². The van der Waals surface area contributed by atoms with Crippen LogP contribution >= 0.6 is 0 Å². The summed E-state index contributed by atoms with van der Waals surface area (Å²) in [5.74, 6) is 1.05. The lowest BCUT2D eigenvalue weighted by atomic mass is 10.2. The van der Waals surface area contributed by atoms with Crippen LogP contribution in [-0.2, 0) is 11.3 Å². The molecule has 1 aliphatic heterocycles. The van der Waals surface area contributed by atoms with Crippen LogP contribution in [-0.4, -0.2) is 43.5 Å². The summed E-state index contributed by atoms with van der Waals surface area (Å²) in [5, 5.41) is 10.7. The molecular weight excluding hydrogens is 192 g/mol. The number of hydrogen-bond donors (Lipinski definition) is 2. The monoisotopic (exact) mass is 210 g/mol. The average molecular weight is 210 g/mol. The van der Waals surface area contributed by atoms with Crippen LogP contribution in [0.5, 0.6) is 0 Å². The zero-order valence-corrected chi connectivity index (χ0v) is 9.34. The molecule has 84 valence electrons. The number of nitrogens with zero attached hydrogens (tertiary/aromatic N) is 2. The number of methoxy groups -OCH3 is 1. The van der Waals surface area contributed by atoms with Gasteiger partial charge < -0.3 is 15.0 Å². The van der Waals surface area contributed by atoms with Crippen molar-refractivity contribution in [1.29, 1.82) is 0 Å². The summed E-state index contributed by atoms with van der Waals surface area (Å²) in [7, 11) is 1.72. The van der Waals surface area contributed by atoms with Gasteiger partial charge in [-0.15, -0.1) is 0 Å². The van der Waals surface area contributed by atoms with Crippen molar-refractivity contribution in [3.63, 3.8) is 0 Å². The fourth-order valence-electron chi connectivity index (χ4n) is 1.89. The Morgan fingerprint density at radius 3 is 2.80 bits per heavy atom. The summed E-state index contributed by atoms with van der Waals surface area (Å²) in [5.41, 5.74) is 2.28. The van der Waals surface area contributed by atoms with Gasteiger partial charge in [-0.2, -0.15) is 5.10 Å². The predicted octanol–water partition coefficient (Wildman–Crippen LogP) is 0.274. The number of H-pyrrole nitrogens is 1. The molecule has 0 aromatic carbocycles. The fraction of sp³-hybridized carbons (Fsp3) is 0.700. The molecule has 1 saturated heterocycles. The maximum Gasteiger partial charge on any atom is 0.156 e. The van der Waals surface area contributed by atoms with E-state index in [4.69, 9.17) is 4.74 Å². The van der Waals surface area contributed by atoms with Crippen molar-refractivity contribution in [2.24, 2.45) is 0 Å². The lowest BCUT2D eigenvalue weighted by Crippen LogP contribution is -2.44. The largest absolute Gasteiger partial charge is 0.380 e. The molecule has 2 N–H and O–H groups in total. The zero-order chi connectivity index (χ0) is 10.7. The number of ether oxygens (including phenoxy) is 1. The first-order valence-corrected chi connectivity index (χ1v) is 5.31. The van der Waals surface area contributed by atoms with E-state index >= 15 is 0 Å². The highest BCUT2D eigenvalue weighted by molar-refractivity contribution is 5.49. The quantitative estimate of drug-likeness (QED) is 0.752. The van der Waals surface area contributed by atoms with Crippen LogP contribution < -0.4 is 10.2 Å². The first-order valence-electron chi connectivity index (χ1n) is 5.31. The van der Waals surface area contributed by atoms with Crippen LogP contribution in [0.1, 0.15) is 11.3 Å². The van der Waals surface area contributed by atoms with Crippen LogP contribution in [0.15, 0.2) is 0 Å². The number of rotatable bonds is 3. The summed E-state index contributed by atoms with van der Waals surface area (Å²) in [6, 6.07) is 0. The molecule has 1 fully saturated rings. The van der Waals surface area contributed by atoms with Crippen LogP contribution in [0.4, 0.5) is 5.82 Å². The van der Waals surface area contributed by atoms with Gasteiger partial charge in [0, 0.05) is 44.5 Å². The molecule has 0 spiro atoms. The van der Waals surface area contributed by atoms with E-state index in [2.05, 4.69) is 20.4 Å². The third-order valence-corrected chi connectivity index (χ3v) is 2.76. The molecule has 0 saturated carbocycles. The second-order valence-corrected chi connectivity index (χ2v) is 3.82. The second-order valence-electron chi connectivity index (χ2n) is 3.82. The number of aromatic amines is 1. The lowest BCUT2D eigenvalue weighted by Gasteiger charge is -2.28. The van der Waals surface area contributed by atoms with E-state index in [1.807, 2.05) is 6.92 Å². The van der Waals surface area contributed by atoms with Gasteiger partial charge in [0.2, 0.25) is 0 Å². The Balaban J connectivity index is 2.18. The summed E-state index contributed by atoms with van der Waals surface area (Å²) in [4.78, 5) is 2.30. The van der Waals surface area contributed by atoms with E-state index < -0.39 is 0 Å². The summed E-state index contributed by atoms with van der Waals surface area (Å²) in [6.45, 7) is 6.74. The molecule has 5 heteroatoms. The Hall–Kier alpha value is -1.07. The summed E-state index contributed by atoms with van der Waals surface area (Å²) < 4.78 is 5.20. The summed E-state index contributed by atoms with van der Waals surface area (Å²) >= 11 is 0. The topological polar surface area (TPSA) is 53.2 Å². The van der Waals surface area contributed by atoms with Crippen molar-refractivity contribution in [2.75, 3.05) is 38.2 Å². The molecule has 0 unspecified atom stereocenters. The minimum atomic E-state index is 0.627. The van der Waals surface area contributed by atoms with E-state index in [9.17, 15) is 0 Å². The number of piperazine rings is 1. The molecule has 2 heterocycles. The number of hydrogen-bond acceptors (Lipinski definition) is 4. The van der Waals surface area contributed by atoms with E-state index in [1.165, 1.54) is 5.56 Å². The Morgan fingerprint density at radius 2 is 2.13 bits per heavy atom. The molecule has 0 aliphatic carbocycles. The smallest absolute Gasteiger partial charge is 0.156 e. The Kier molecular flexibility index (Phi) is 3.23. The van der Waals surface area contributed by atoms with Crippen LogP contribution in [0.2, 0.25) is 0 Å². The minimum absolute atomic E-state index is 0.627. The van der Waals surface area contributed by atoms with Gasteiger partial charge in [0.1, 0.15) is 0 Å². The van der Waals surface area contributed by atoms with Crippen molar-refractivity contribution in [1.82, 2.24) is 15.5 Å². The third-order valence-electron chi connectivity index (χ3n) is 2.76. The molecule has 2 rings (SSSR count). The van der Waals surface area contributed by atoms with Gasteiger partial charge in [-0.05, 0) is 6.92 Å². The maximum atomic E-state index is 5.20. The van der Waals surface area contributed by atoms with Crippen LogP contribution in [0.25, 0.3) is 0 Å². The van der Waals surface area contributed by atoms with Gasteiger partial charge in [-0.1, -0.05) is 0 Å². The van der Waals surface area contributed by atoms with Gasteiger partial charge in [-0.3, -0.25) is 5.10 Å². The zero-order valence-electron chi connectivity index (χ0n) is 9.34. The SMILES string of the molecule is COCc1c(N2CCNCC2)n[nH]c1C. The second kappa shape index (κ2) is 4.63. The molecule has 1 aliphatic rings. The highest BCUT2D eigenvalue weighted by Crippen LogP contribution is 2.21. The molecule has 5 nitrogen and oxygen atoms in total. The standard InChI is InChI=1S/C10H18N4O/c1-8-9(7-15-2)10(13-12-8)14-5-3-11-4-6-14/h11H,3-7H2,1-2H3,(H,12,13). The van der Waals surface area contributed by atoms with Gasteiger partial charge in [-0.25, -0.2) is 0 Å². The molecule has 0 radical (unpaired) electrons. The number of aromatic nitrogens is 2. The van der Waals surface area contributed by atoms with Crippen LogP contribution in [0, 0.1) is 6.92 Å². The fourth-order valence-corrected chi connectivity index (χ4v) is 1.89. The van der Waals surface area contributed by atoms with Crippen molar-refractivity contribution >= 4 is 5.82 Å². The highest BCUT2D eigenvalue weighted by atomic mass is 16.5. The molecular formula is C10H18N4O.